The van der Waals surface area contributed by atoms with Crippen molar-refractivity contribution < 1.29 is 9.53 Å². The van der Waals surface area contributed by atoms with Gasteiger partial charge in [-0.3, -0.25) is 4.79 Å². The lowest BCUT2D eigenvalue weighted by atomic mass is 10.00. The van der Waals surface area contributed by atoms with Crippen LogP contribution >= 0.6 is 0 Å². The molecule has 0 radical (unpaired) electrons. The highest BCUT2D eigenvalue weighted by molar-refractivity contribution is 5.94. The van der Waals surface area contributed by atoms with Crippen LogP contribution in [0.25, 0.3) is 10.8 Å². The summed E-state index contributed by atoms with van der Waals surface area (Å²) in [6, 6.07) is 14.9. The van der Waals surface area contributed by atoms with E-state index in [0.29, 0.717) is 13.0 Å². The van der Waals surface area contributed by atoms with Gasteiger partial charge >= 0.3 is 0 Å². The summed E-state index contributed by atoms with van der Waals surface area (Å²) in [5, 5.41) is 9.20. The zero-order chi connectivity index (χ0) is 25.9. The number of rotatable bonds is 6. The first-order valence-electron chi connectivity index (χ1n) is 13.1. The molecule has 3 aliphatic heterocycles. The predicted octanol–water partition coefficient (Wildman–Crippen LogP) is 4.54. The van der Waals surface area contributed by atoms with Crippen LogP contribution in [0, 0.1) is 0 Å². The number of nitrogens with one attached hydrogen (secondary N) is 2. The number of amides is 1. The van der Waals surface area contributed by atoms with E-state index in [1.54, 1.807) is 0 Å². The first kappa shape index (κ1) is 26.3. The fourth-order valence-corrected chi connectivity index (χ4v) is 4.91. The molecule has 1 fully saturated rings. The third-order valence-electron chi connectivity index (χ3n) is 6.83. The molecular formula is C31H38N4O2. The maximum atomic E-state index is 12.9. The third kappa shape index (κ3) is 6.92. The van der Waals surface area contributed by atoms with E-state index in [-0.39, 0.29) is 5.91 Å². The molecule has 1 amide bonds. The molecule has 194 valence electrons. The highest BCUT2D eigenvalue weighted by Crippen LogP contribution is 2.27. The van der Waals surface area contributed by atoms with Crippen LogP contribution in [0.2, 0.25) is 0 Å². The molecule has 0 unspecified atom stereocenters. The molecule has 0 saturated carbocycles. The van der Waals surface area contributed by atoms with Crippen LogP contribution in [0.4, 0.5) is 5.69 Å². The molecule has 2 N–H and O–H groups in total. The lowest BCUT2D eigenvalue weighted by Gasteiger charge is -2.36. The molecule has 0 aliphatic carbocycles. The van der Waals surface area contributed by atoms with Gasteiger partial charge in [0.1, 0.15) is 5.76 Å². The van der Waals surface area contributed by atoms with E-state index in [4.69, 9.17) is 4.74 Å². The Morgan fingerprint density at radius 2 is 1.81 bits per heavy atom. The molecule has 0 aromatic heterocycles. The van der Waals surface area contributed by atoms with Gasteiger partial charge in [-0.25, -0.2) is 0 Å². The summed E-state index contributed by atoms with van der Waals surface area (Å²) in [5.74, 6) is 0.974. The van der Waals surface area contributed by atoms with Crippen molar-refractivity contribution in [2.75, 3.05) is 57.3 Å². The molecule has 6 nitrogen and oxygen atoms in total. The van der Waals surface area contributed by atoms with Crippen LogP contribution < -0.4 is 15.5 Å². The molecule has 2 aromatic rings. The van der Waals surface area contributed by atoms with Gasteiger partial charge in [-0.15, -0.1) is 13.2 Å². The Kier molecular flexibility index (Phi) is 9.60. The first-order valence-corrected chi connectivity index (χ1v) is 13.1. The maximum absolute atomic E-state index is 12.9. The van der Waals surface area contributed by atoms with Crippen molar-refractivity contribution in [2.45, 2.75) is 12.8 Å². The standard InChI is InChI=1S/C29H34N4O2.C2H4/c34-29(12-20-35-26-7-4-13-31-22-25(21-26)23-10-14-30-15-11-23)33-18-16-32(17-19-33)28-9-3-6-24-5-1-2-8-27(24)28;1-2/h1-10,21-22,30-31H,11-20H2;1-2H2/b7-4+,25-22+,26-21+;. The number of anilines is 1. The van der Waals surface area contributed by atoms with E-state index in [2.05, 4.69) is 89.5 Å². The van der Waals surface area contributed by atoms with Crippen molar-refractivity contribution in [3.63, 3.8) is 0 Å². The highest BCUT2D eigenvalue weighted by Gasteiger charge is 2.22. The van der Waals surface area contributed by atoms with Crippen LogP contribution in [-0.4, -0.2) is 63.2 Å². The topological polar surface area (TPSA) is 56.8 Å². The van der Waals surface area contributed by atoms with Crippen molar-refractivity contribution in [1.82, 2.24) is 15.5 Å². The highest BCUT2D eigenvalue weighted by atomic mass is 16.5. The Labute approximate surface area is 220 Å². The van der Waals surface area contributed by atoms with Crippen LogP contribution in [0.1, 0.15) is 12.8 Å². The number of nitrogens with zero attached hydrogens (tertiary/aromatic N) is 2. The number of hydrogen-bond acceptors (Lipinski definition) is 5. The average Bonchev–Trinajstić information content (AvgIpc) is 2.95. The number of ether oxygens (including phenoxy) is 1. The normalized spacial score (nSPS) is 21.5. The number of hydrogen-bond donors (Lipinski definition) is 2. The number of piperazine rings is 1. The maximum Gasteiger partial charge on any atom is 0.226 e. The van der Waals surface area contributed by atoms with Crippen molar-refractivity contribution in [1.29, 1.82) is 0 Å². The number of benzene rings is 2. The molecule has 1 saturated heterocycles. The summed E-state index contributed by atoms with van der Waals surface area (Å²) in [4.78, 5) is 17.2. The summed E-state index contributed by atoms with van der Waals surface area (Å²) in [7, 11) is 0. The van der Waals surface area contributed by atoms with Crippen molar-refractivity contribution in [3.05, 3.63) is 103 Å². The van der Waals surface area contributed by atoms with Gasteiger partial charge in [-0.05, 0) is 47.7 Å². The second kappa shape index (κ2) is 13.5. The van der Waals surface area contributed by atoms with E-state index in [1.807, 2.05) is 17.1 Å². The van der Waals surface area contributed by atoms with Crippen LogP contribution in [-0.2, 0) is 9.53 Å². The molecule has 0 spiro atoms. The molecule has 0 bridgehead atoms. The van der Waals surface area contributed by atoms with Gasteiger partial charge in [0.15, 0.2) is 0 Å². The largest absolute Gasteiger partial charge is 0.493 e. The van der Waals surface area contributed by atoms with E-state index >= 15 is 0 Å². The van der Waals surface area contributed by atoms with E-state index in [1.165, 1.54) is 22.0 Å². The van der Waals surface area contributed by atoms with Gasteiger partial charge in [0.2, 0.25) is 5.91 Å². The van der Waals surface area contributed by atoms with Crippen molar-refractivity contribution in [3.8, 4) is 0 Å². The summed E-state index contributed by atoms with van der Waals surface area (Å²) in [5.41, 5.74) is 3.73. The minimum Gasteiger partial charge on any atom is -0.493 e. The summed E-state index contributed by atoms with van der Waals surface area (Å²) in [6.45, 7) is 12.2. The Bertz CT molecular complexity index is 1180. The Hall–Kier alpha value is -3.77. The molecule has 6 heteroatoms. The second-order valence-corrected chi connectivity index (χ2v) is 9.11. The lowest BCUT2D eigenvalue weighted by Crippen LogP contribution is -2.49. The number of carbonyl (C=O) groups excluding carboxylic acids is 1. The second-order valence-electron chi connectivity index (χ2n) is 9.11. The number of carbonyl (C=O) groups is 1. The smallest absolute Gasteiger partial charge is 0.226 e. The Balaban J connectivity index is 0.00000156. The summed E-state index contributed by atoms with van der Waals surface area (Å²) < 4.78 is 6.04. The average molecular weight is 499 g/mol. The SMILES string of the molecule is C=C.O=C(CCOC1=C/C(C2=CCNCC2)=C\NC\C=C\1)N1CCN(c2cccc3ccccc23)CC1. The molecule has 5 rings (SSSR count). The van der Waals surface area contributed by atoms with E-state index in [9.17, 15) is 4.79 Å². The van der Waals surface area contributed by atoms with Crippen LogP contribution in [0.15, 0.2) is 103 Å². The zero-order valence-corrected chi connectivity index (χ0v) is 21.6. The predicted molar refractivity (Wildman–Crippen MR) is 153 cm³/mol. The molecular weight excluding hydrogens is 460 g/mol. The van der Waals surface area contributed by atoms with Crippen LogP contribution in [0.3, 0.4) is 0 Å². The minimum atomic E-state index is 0.163. The summed E-state index contributed by atoms with van der Waals surface area (Å²) >= 11 is 0. The molecule has 3 aliphatic rings. The van der Waals surface area contributed by atoms with E-state index in [0.717, 1.165) is 63.6 Å². The number of fused-ring (bicyclic) bond motifs is 1. The van der Waals surface area contributed by atoms with Crippen molar-refractivity contribution in [2.24, 2.45) is 0 Å². The fraction of sp³-hybridized carbons (Fsp3) is 0.323. The fourth-order valence-electron chi connectivity index (χ4n) is 4.91. The third-order valence-corrected chi connectivity index (χ3v) is 6.83. The van der Waals surface area contributed by atoms with E-state index < -0.39 is 0 Å². The molecule has 3 heterocycles. The van der Waals surface area contributed by atoms with Crippen molar-refractivity contribution >= 4 is 22.4 Å². The molecule has 37 heavy (non-hydrogen) atoms. The molecule has 0 atom stereocenters. The number of allylic oxidation sites excluding steroid dienone is 3. The van der Waals surface area contributed by atoms with Gasteiger partial charge in [-0.2, -0.15) is 0 Å². The zero-order valence-electron chi connectivity index (χ0n) is 21.6. The quantitative estimate of drug-likeness (QED) is 0.573. The Morgan fingerprint density at radius 3 is 2.62 bits per heavy atom. The molecule has 2 aromatic carbocycles. The van der Waals surface area contributed by atoms with Gasteiger partial charge < -0.3 is 25.2 Å². The van der Waals surface area contributed by atoms with Crippen LogP contribution in [0.5, 0.6) is 0 Å². The first-order chi connectivity index (χ1) is 18.3. The van der Waals surface area contributed by atoms with Gasteiger partial charge in [0.05, 0.1) is 13.0 Å². The van der Waals surface area contributed by atoms with Gasteiger partial charge in [-0.1, -0.05) is 48.6 Å². The lowest BCUT2D eigenvalue weighted by molar-refractivity contribution is -0.132. The van der Waals surface area contributed by atoms with Gasteiger partial charge in [0.25, 0.3) is 0 Å². The Morgan fingerprint density at radius 1 is 1.00 bits per heavy atom. The minimum absolute atomic E-state index is 0.163. The summed E-state index contributed by atoms with van der Waals surface area (Å²) in [6.07, 6.45) is 11.8. The van der Waals surface area contributed by atoms with Gasteiger partial charge in [0, 0.05) is 56.5 Å². The monoisotopic (exact) mass is 498 g/mol.